The van der Waals surface area contributed by atoms with Crippen LogP contribution in [0, 0.1) is 0 Å². The van der Waals surface area contributed by atoms with Crippen LogP contribution in [0.3, 0.4) is 0 Å². The van der Waals surface area contributed by atoms with Crippen molar-refractivity contribution < 1.29 is 9.53 Å². The first-order chi connectivity index (χ1) is 6.16. The van der Waals surface area contributed by atoms with Crippen molar-refractivity contribution >= 4 is 6.09 Å². The molecule has 2 N–H and O–H groups in total. The molecule has 0 spiro atoms. The summed E-state index contributed by atoms with van der Waals surface area (Å²) in [5.41, 5.74) is 5.15. The molecule has 0 radical (unpaired) electrons. The molecule has 1 atom stereocenters. The number of ether oxygens (including phenoxy) is 1. The van der Waals surface area contributed by atoms with Crippen molar-refractivity contribution in [1.82, 2.24) is 4.90 Å². The minimum Gasteiger partial charge on any atom is -0.431 e. The lowest BCUT2D eigenvalue weighted by Crippen LogP contribution is -2.51. The summed E-state index contributed by atoms with van der Waals surface area (Å²) >= 11 is 0. The molecule has 0 aliphatic carbocycles. The highest BCUT2D eigenvalue weighted by molar-refractivity contribution is 5.69. The summed E-state index contributed by atoms with van der Waals surface area (Å²) in [5.74, 6) is 0. The number of hydrogen-bond acceptors (Lipinski definition) is 3. The largest absolute Gasteiger partial charge is 0.431 e. The zero-order chi connectivity index (χ0) is 11.5. The molecule has 0 heterocycles. The Labute approximate surface area is 86.4 Å². The van der Waals surface area contributed by atoms with E-state index in [1.807, 2.05) is 34.6 Å². The fourth-order valence-electron chi connectivity index (χ4n) is 1.48. The molecule has 0 rings (SSSR count). The maximum atomic E-state index is 11.7. The van der Waals surface area contributed by atoms with Crippen LogP contribution in [0.1, 0.15) is 41.5 Å². The molecular weight excluding hydrogens is 180 g/mol. The molecule has 0 aromatic heterocycles. The van der Waals surface area contributed by atoms with Crippen LogP contribution in [0.5, 0.6) is 0 Å². The SMILES string of the molecule is CC(N)OC(=O)N(C(C)C)C(C)(C)C. The van der Waals surface area contributed by atoms with Crippen LogP contribution >= 0.6 is 0 Å². The summed E-state index contributed by atoms with van der Waals surface area (Å²) in [6.07, 6.45) is -0.923. The molecule has 0 bridgehead atoms. The third-order valence-electron chi connectivity index (χ3n) is 1.72. The van der Waals surface area contributed by atoms with Gasteiger partial charge in [0.25, 0.3) is 0 Å². The minimum absolute atomic E-state index is 0.0984. The van der Waals surface area contributed by atoms with E-state index in [0.717, 1.165) is 0 Å². The van der Waals surface area contributed by atoms with E-state index in [-0.39, 0.29) is 17.7 Å². The monoisotopic (exact) mass is 202 g/mol. The van der Waals surface area contributed by atoms with Gasteiger partial charge in [0.15, 0.2) is 0 Å². The van der Waals surface area contributed by atoms with Gasteiger partial charge < -0.3 is 9.64 Å². The van der Waals surface area contributed by atoms with Crippen LogP contribution in [0.15, 0.2) is 0 Å². The normalized spacial score (nSPS) is 14.0. The van der Waals surface area contributed by atoms with Gasteiger partial charge in [0, 0.05) is 11.6 Å². The van der Waals surface area contributed by atoms with E-state index in [4.69, 9.17) is 10.5 Å². The Morgan fingerprint density at radius 1 is 1.29 bits per heavy atom. The predicted octanol–water partition coefficient (Wildman–Crippen LogP) is 1.94. The standard InChI is InChI=1S/C10H22N2O2/c1-7(2)12(10(4,5)6)9(13)14-8(3)11/h7-8H,11H2,1-6H3. The number of rotatable bonds is 2. The van der Waals surface area contributed by atoms with E-state index < -0.39 is 6.23 Å². The van der Waals surface area contributed by atoms with Gasteiger partial charge in [0.2, 0.25) is 0 Å². The maximum Gasteiger partial charge on any atom is 0.411 e. The highest BCUT2D eigenvalue weighted by Crippen LogP contribution is 2.18. The fraction of sp³-hybridized carbons (Fsp3) is 0.900. The molecule has 1 unspecified atom stereocenters. The van der Waals surface area contributed by atoms with Gasteiger partial charge >= 0.3 is 6.09 Å². The van der Waals surface area contributed by atoms with Gasteiger partial charge in [-0.05, 0) is 41.5 Å². The third kappa shape index (κ3) is 3.96. The Bertz CT molecular complexity index is 195. The molecule has 0 aromatic rings. The topological polar surface area (TPSA) is 55.6 Å². The smallest absolute Gasteiger partial charge is 0.411 e. The first kappa shape index (κ1) is 13.2. The van der Waals surface area contributed by atoms with Crippen molar-refractivity contribution in [2.24, 2.45) is 5.73 Å². The van der Waals surface area contributed by atoms with E-state index in [9.17, 15) is 4.79 Å². The molecule has 14 heavy (non-hydrogen) atoms. The van der Waals surface area contributed by atoms with E-state index in [1.54, 1.807) is 11.8 Å². The summed E-state index contributed by atoms with van der Waals surface area (Å²) in [5, 5.41) is 0. The van der Waals surface area contributed by atoms with Gasteiger partial charge in [-0.3, -0.25) is 5.73 Å². The highest BCUT2D eigenvalue weighted by Gasteiger charge is 2.30. The van der Waals surface area contributed by atoms with E-state index in [1.165, 1.54) is 0 Å². The van der Waals surface area contributed by atoms with Crippen LogP contribution in [0.2, 0.25) is 0 Å². The number of carbonyl (C=O) groups is 1. The van der Waals surface area contributed by atoms with Crippen LogP contribution in [-0.4, -0.2) is 28.8 Å². The van der Waals surface area contributed by atoms with Crippen LogP contribution in [0.25, 0.3) is 0 Å². The van der Waals surface area contributed by atoms with Gasteiger partial charge in [0.1, 0.15) is 6.23 Å². The summed E-state index contributed by atoms with van der Waals surface area (Å²) in [6, 6.07) is 0.0984. The average molecular weight is 202 g/mol. The zero-order valence-electron chi connectivity index (χ0n) is 10.00. The second-order valence-corrected chi connectivity index (χ2v) is 4.72. The van der Waals surface area contributed by atoms with Crippen LogP contribution in [-0.2, 0) is 4.74 Å². The van der Waals surface area contributed by atoms with E-state index >= 15 is 0 Å². The Kier molecular flexibility index (Phi) is 4.39. The van der Waals surface area contributed by atoms with Gasteiger partial charge in [-0.25, -0.2) is 4.79 Å². The van der Waals surface area contributed by atoms with Gasteiger partial charge in [0.05, 0.1) is 0 Å². The van der Waals surface area contributed by atoms with Crippen molar-refractivity contribution in [2.45, 2.75) is 59.4 Å². The number of hydrogen-bond donors (Lipinski definition) is 1. The number of carbonyl (C=O) groups excluding carboxylic acids is 1. The third-order valence-corrected chi connectivity index (χ3v) is 1.72. The summed E-state index contributed by atoms with van der Waals surface area (Å²) in [4.78, 5) is 13.3. The average Bonchev–Trinajstić information content (AvgIpc) is 1.78. The Hall–Kier alpha value is -0.770. The molecule has 0 saturated heterocycles. The molecule has 0 aromatic carbocycles. The second-order valence-electron chi connectivity index (χ2n) is 4.72. The lowest BCUT2D eigenvalue weighted by Gasteiger charge is -2.38. The lowest BCUT2D eigenvalue weighted by molar-refractivity contribution is 0.0317. The first-order valence-electron chi connectivity index (χ1n) is 4.91. The molecule has 0 saturated carbocycles. The molecule has 4 heteroatoms. The Morgan fingerprint density at radius 3 is 1.93 bits per heavy atom. The molecular formula is C10H22N2O2. The zero-order valence-corrected chi connectivity index (χ0v) is 10.00. The molecule has 0 aliphatic rings. The molecule has 0 aliphatic heterocycles. The van der Waals surface area contributed by atoms with Gasteiger partial charge in [-0.2, -0.15) is 0 Å². The van der Waals surface area contributed by atoms with Crippen LogP contribution in [0.4, 0.5) is 4.79 Å². The number of nitrogens with zero attached hydrogens (tertiary/aromatic N) is 1. The van der Waals surface area contributed by atoms with Crippen molar-refractivity contribution in [3.8, 4) is 0 Å². The fourth-order valence-corrected chi connectivity index (χ4v) is 1.48. The van der Waals surface area contributed by atoms with Crippen molar-refractivity contribution in [3.05, 3.63) is 0 Å². The van der Waals surface area contributed by atoms with Gasteiger partial charge in [-0.15, -0.1) is 0 Å². The minimum atomic E-state index is -0.564. The predicted molar refractivity (Wildman–Crippen MR) is 56.9 cm³/mol. The van der Waals surface area contributed by atoms with E-state index in [2.05, 4.69) is 0 Å². The van der Waals surface area contributed by atoms with Crippen molar-refractivity contribution in [2.75, 3.05) is 0 Å². The van der Waals surface area contributed by atoms with E-state index in [0.29, 0.717) is 0 Å². The summed E-state index contributed by atoms with van der Waals surface area (Å²) in [7, 11) is 0. The van der Waals surface area contributed by atoms with Gasteiger partial charge in [-0.1, -0.05) is 0 Å². The van der Waals surface area contributed by atoms with Crippen LogP contribution < -0.4 is 5.73 Å². The van der Waals surface area contributed by atoms with Crippen molar-refractivity contribution in [3.63, 3.8) is 0 Å². The summed E-state index contributed by atoms with van der Waals surface area (Å²) in [6.45, 7) is 11.4. The molecule has 0 fully saturated rings. The maximum absolute atomic E-state index is 11.7. The molecule has 4 nitrogen and oxygen atoms in total. The second kappa shape index (κ2) is 4.64. The first-order valence-corrected chi connectivity index (χ1v) is 4.91. The molecule has 1 amide bonds. The quantitative estimate of drug-likeness (QED) is 0.696. The van der Waals surface area contributed by atoms with Crippen molar-refractivity contribution in [1.29, 1.82) is 0 Å². The Morgan fingerprint density at radius 2 is 1.71 bits per heavy atom. The lowest BCUT2D eigenvalue weighted by atomic mass is 10.0. The number of amides is 1. The summed E-state index contributed by atoms with van der Waals surface area (Å²) < 4.78 is 4.96. The highest BCUT2D eigenvalue weighted by atomic mass is 16.6. The number of nitrogens with two attached hydrogens (primary N) is 1. The Balaban J connectivity index is 4.60. The molecule has 84 valence electrons.